The molecule has 5 atom stereocenters. The number of ketones is 1. The monoisotopic (exact) mass is 544 g/mol. The summed E-state index contributed by atoms with van der Waals surface area (Å²) in [6.45, 7) is 3.58. The molecule has 2 aromatic rings. The average molecular weight is 545 g/mol. The summed E-state index contributed by atoms with van der Waals surface area (Å²) >= 11 is 1.19. The van der Waals surface area contributed by atoms with Gasteiger partial charge in [0.05, 0.1) is 17.1 Å². The number of Topliss-reactive ketones (excluding diaryl/α,β-unsaturated/α-hetero) is 1. The number of rotatable bonds is 4. The van der Waals surface area contributed by atoms with Crippen LogP contribution in [0.5, 0.6) is 0 Å². The molecular formula is C25H28N4O8S. The van der Waals surface area contributed by atoms with Gasteiger partial charge in [-0.25, -0.2) is 4.98 Å². The molecule has 5 rings (SSSR count). The highest BCUT2D eigenvalue weighted by atomic mass is 32.2. The lowest BCUT2D eigenvalue weighted by Crippen LogP contribution is -2.60. The number of H-pyrrole nitrogens is 1. The summed E-state index contributed by atoms with van der Waals surface area (Å²) in [5.41, 5.74) is 0.302. The van der Waals surface area contributed by atoms with E-state index in [1.807, 2.05) is 13.8 Å². The molecule has 3 aliphatic rings. The minimum Gasteiger partial charge on any atom is -0.388 e. The van der Waals surface area contributed by atoms with Gasteiger partial charge in [0.1, 0.15) is 24.1 Å². The number of nitro groups is 1. The van der Waals surface area contributed by atoms with E-state index < -0.39 is 46.4 Å². The van der Waals surface area contributed by atoms with Crippen LogP contribution in [0, 0.1) is 15.5 Å². The molecule has 0 radical (unpaired) electrons. The Labute approximate surface area is 221 Å². The third-order valence-corrected chi connectivity index (χ3v) is 7.85. The summed E-state index contributed by atoms with van der Waals surface area (Å²) in [5.74, 6) is -0.933. The third kappa shape index (κ3) is 4.33. The molecule has 0 saturated carbocycles. The lowest BCUT2D eigenvalue weighted by Gasteiger charge is -2.49. The Bertz CT molecular complexity index is 1390. The Morgan fingerprint density at radius 1 is 1.16 bits per heavy atom. The number of aliphatic hydroxyl groups is 3. The Morgan fingerprint density at radius 3 is 2.47 bits per heavy atom. The smallest absolute Gasteiger partial charge is 0.269 e. The highest BCUT2D eigenvalue weighted by molar-refractivity contribution is 7.98. The van der Waals surface area contributed by atoms with Crippen LogP contribution in [-0.2, 0) is 9.53 Å². The molecule has 1 aromatic carbocycles. The van der Waals surface area contributed by atoms with Gasteiger partial charge in [-0.1, -0.05) is 37.7 Å². The molecule has 0 amide bonds. The summed E-state index contributed by atoms with van der Waals surface area (Å²) in [6, 6.07) is 5.69. The zero-order valence-corrected chi connectivity index (χ0v) is 21.8. The summed E-state index contributed by atoms with van der Waals surface area (Å²) in [6.07, 6.45) is -3.35. The highest BCUT2D eigenvalue weighted by Gasteiger charge is 2.50. The topological polar surface area (TPSA) is 179 Å². The zero-order chi connectivity index (χ0) is 27.5. The molecule has 38 heavy (non-hydrogen) atoms. The van der Waals surface area contributed by atoms with Crippen molar-refractivity contribution in [2.75, 3.05) is 17.8 Å². The molecule has 1 fully saturated rings. The second-order valence-electron chi connectivity index (χ2n) is 10.5. The van der Waals surface area contributed by atoms with Gasteiger partial charge in [0.2, 0.25) is 0 Å². The van der Waals surface area contributed by atoms with Crippen LogP contribution in [0.25, 0.3) is 0 Å². The number of fused-ring (bicyclic) bond motifs is 1. The quantitative estimate of drug-likeness (QED) is 0.189. The molecule has 1 unspecified atom stereocenters. The van der Waals surface area contributed by atoms with Gasteiger partial charge in [-0.2, -0.15) is 0 Å². The number of aromatic amines is 1. The number of nitrogens with zero attached hydrogens (tertiary/aromatic N) is 3. The van der Waals surface area contributed by atoms with Crippen molar-refractivity contribution in [2.24, 2.45) is 5.41 Å². The number of aromatic nitrogens is 2. The number of aliphatic hydroxyl groups excluding tert-OH is 3. The first-order chi connectivity index (χ1) is 17.9. The van der Waals surface area contributed by atoms with Crippen LogP contribution < -0.4 is 10.5 Å². The summed E-state index contributed by atoms with van der Waals surface area (Å²) in [5, 5.41) is 43.0. The van der Waals surface area contributed by atoms with Crippen LogP contribution in [0.1, 0.15) is 43.7 Å². The van der Waals surface area contributed by atoms with Crippen LogP contribution in [-0.4, -0.2) is 73.4 Å². The molecule has 0 bridgehead atoms. The van der Waals surface area contributed by atoms with Crippen molar-refractivity contribution in [1.82, 2.24) is 9.97 Å². The summed E-state index contributed by atoms with van der Waals surface area (Å²) in [4.78, 5) is 46.9. The maximum absolute atomic E-state index is 13.8. The standard InChI is InChI=1S/C25H28N4O8S/c1-25(2)8-13-17(14(30)9-25)16(11-4-6-12(7-5-11)29(35)36)18-21(26-24(38-3)27-22(18)34)28(13)23-20(33)19(32)15(31)10-37-23/h4-7,15-16,19-20,23,31-33H,8-10H2,1-3H3,(H,26,27,34)/t15-,16?,19-,20+,23-/m1/s1. The average Bonchev–Trinajstić information content (AvgIpc) is 2.86. The zero-order valence-electron chi connectivity index (χ0n) is 21.0. The number of carbonyl (C=O) groups excluding carboxylic acids is 1. The van der Waals surface area contributed by atoms with Gasteiger partial charge >= 0.3 is 0 Å². The molecule has 1 saturated heterocycles. The van der Waals surface area contributed by atoms with Crippen molar-refractivity contribution in [3.8, 4) is 0 Å². The fraction of sp³-hybridized carbons (Fsp3) is 0.480. The first-order valence-electron chi connectivity index (χ1n) is 12.1. The minimum atomic E-state index is -1.57. The van der Waals surface area contributed by atoms with Gasteiger partial charge in [-0.05, 0) is 23.7 Å². The molecule has 202 valence electrons. The van der Waals surface area contributed by atoms with Crippen LogP contribution in [0.4, 0.5) is 11.5 Å². The highest BCUT2D eigenvalue weighted by Crippen LogP contribution is 2.51. The number of hydrogen-bond acceptors (Lipinski definition) is 11. The second-order valence-corrected chi connectivity index (χ2v) is 11.3. The predicted molar refractivity (Wildman–Crippen MR) is 137 cm³/mol. The van der Waals surface area contributed by atoms with Crippen molar-refractivity contribution < 1.29 is 29.8 Å². The second kappa shape index (κ2) is 9.58. The first-order valence-corrected chi connectivity index (χ1v) is 13.3. The molecule has 3 heterocycles. The van der Waals surface area contributed by atoms with Crippen LogP contribution >= 0.6 is 11.8 Å². The number of non-ortho nitro benzene ring substituents is 1. The number of nitro benzene ring substituents is 1. The van der Waals surface area contributed by atoms with E-state index >= 15 is 0 Å². The van der Waals surface area contributed by atoms with Gasteiger partial charge < -0.3 is 29.9 Å². The maximum Gasteiger partial charge on any atom is 0.269 e. The van der Waals surface area contributed by atoms with Crippen molar-refractivity contribution in [3.05, 3.63) is 67.1 Å². The Morgan fingerprint density at radius 2 is 1.84 bits per heavy atom. The Kier molecular flexibility index (Phi) is 6.68. The fourth-order valence-corrected chi connectivity index (χ4v) is 5.89. The van der Waals surface area contributed by atoms with E-state index in [9.17, 15) is 35.0 Å². The number of carbonyl (C=O) groups is 1. The Balaban J connectivity index is 1.80. The van der Waals surface area contributed by atoms with Gasteiger partial charge in [0.25, 0.3) is 11.2 Å². The van der Waals surface area contributed by atoms with Gasteiger partial charge in [0, 0.05) is 35.7 Å². The van der Waals surface area contributed by atoms with E-state index in [-0.39, 0.29) is 41.0 Å². The predicted octanol–water partition coefficient (Wildman–Crippen LogP) is 1.43. The SMILES string of the molecule is CSc1nc2c(c(=O)[nH]1)C(c1ccc([N+](=O)[O-])cc1)C1=C(CC(C)(C)CC1=O)N2[C@@H]1OC[C@@H](O)[C@@H](O)[C@@H]1O. The molecule has 0 spiro atoms. The minimum absolute atomic E-state index is 0.125. The molecule has 2 aliphatic heterocycles. The number of anilines is 1. The third-order valence-electron chi connectivity index (χ3n) is 7.27. The van der Waals surface area contributed by atoms with E-state index in [2.05, 4.69) is 9.97 Å². The van der Waals surface area contributed by atoms with Crippen molar-refractivity contribution in [2.45, 2.75) is 62.3 Å². The van der Waals surface area contributed by atoms with E-state index in [0.717, 1.165) is 0 Å². The summed E-state index contributed by atoms with van der Waals surface area (Å²) in [7, 11) is 0. The first kappa shape index (κ1) is 26.5. The fourth-order valence-electron chi connectivity index (χ4n) is 5.52. The molecule has 4 N–H and O–H groups in total. The molecule has 12 nitrogen and oxygen atoms in total. The summed E-state index contributed by atoms with van der Waals surface area (Å²) < 4.78 is 5.80. The van der Waals surface area contributed by atoms with Crippen molar-refractivity contribution in [3.63, 3.8) is 0 Å². The largest absolute Gasteiger partial charge is 0.388 e. The molecule has 13 heteroatoms. The lowest BCUT2D eigenvalue weighted by atomic mass is 9.68. The lowest BCUT2D eigenvalue weighted by molar-refractivity contribution is -0.384. The molecule has 1 aromatic heterocycles. The van der Waals surface area contributed by atoms with Gasteiger partial charge in [-0.3, -0.25) is 19.7 Å². The number of nitrogens with one attached hydrogen (secondary N) is 1. The van der Waals surface area contributed by atoms with Gasteiger partial charge in [-0.15, -0.1) is 0 Å². The van der Waals surface area contributed by atoms with E-state index in [0.29, 0.717) is 23.3 Å². The van der Waals surface area contributed by atoms with E-state index in [4.69, 9.17) is 4.74 Å². The Hall–Kier alpha value is -3.10. The van der Waals surface area contributed by atoms with Crippen LogP contribution in [0.2, 0.25) is 0 Å². The van der Waals surface area contributed by atoms with Crippen molar-refractivity contribution >= 4 is 29.1 Å². The number of hydrogen-bond donors (Lipinski definition) is 4. The number of allylic oxidation sites excluding steroid dienone is 2. The number of ether oxygens (including phenoxy) is 1. The van der Waals surface area contributed by atoms with Gasteiger partial charge in [0.15, 0.2) is 17.2 Å². The maximum atomic E-state index is 13.8. The van der Waals surface area contributed by atoms with Crippen LogP contribution in [0.15, 0.2) is 45.5 Å². The van der Waals surface area contributed by atoms with E-state index in [1.165, 1.54) is 40.9 Å². The number of thioether (sulfide) groups is 1. The van der Waals surface area contributed by atoms with Crippen molar-refractivity contribution in [1.29, 1.82) is 0 Å². The number of benzene rings is 1. The molecular weight excluding hydrogens is 516 g/mol. The van der Waals surface area contributed by atoms with Crippen LogP contribution in [0.3, 0.4) is 0 Å². The molecule has 1 aliphatic carbocycles. The van der Waals surface area contributed by atoms with E-state index in [1.54, 1.807) is 6.26 Å². The normalized spacial score (nSPS) is 28.6.